The first-order valence-corrected chi connectivity index (χ1v) is 1.39. The van der Waals surface area contributed by atoms with Crippen LogP contribution >= 0.6 is 0 Å². The molecular weight excluding hydrogens is 76.1 g/mol. The van der Waals surface area contributed by atoms with Crippen LogP contribution in [0.5, 0.6) is 0 Å². The molecule has 0 amide bonds. The summed E-state index contributed by atoms with van der Waals surface area (Å²) in [5.74, 6) is 0. The molecule has 0 aliphatic carbocycles. The number of aromatic nitrogens is 2. The van der Waals surface area contributed by atoms with Crippen LogP contribution in [-0.2, 0) is 0 Å². The summed E-state index contributed by atoms with van der Waals surface area (Å²) in [6.07, 6.45) is -1.07. The Morgan fingerprint density at radius 3 is 3.83 bits per heavy atom. The molecule has 2 nitrogen and oxygen atoms in total. The molecule has 0 bridgehead atoms. The zero-order chi connectivity index (χ0) is 9.52. The van der Waals surface area contributed by atoms with Crippen molar-refractivity contribution < 1.29 is 8.27 Å². The maximum absolute atomic E-state index is 7.06. The smallest absolute Gasteiger partial charge is 0.167 e. The Morgan fingerprint density at radius 1 is 2.50 bits per heavy atom. The molecule has 0 spiro atoms. The maximum Gasteiger partial charge on any atom is 0.167 e. The summed E-state index contributed by atoms with van der Waals surface area (Å²) in [6.45, 7) is -2.55. The van der Waals surface area contributed by atoms with E-state index in [1.165, 1.54) is 0 Å². The summed E-state index contributed by atoms with van der Waals surface area (Å²) in [4.78, 5) is 3.57. The topological polar surface area (TPSA) is 28.7 Å². The lowest BCUT2D eigenvalue weighted by Crippen LogP contribution is -1.59. The average molecular weight is 88.1 g/mol. The lowest BCUT2D eigenvalue weighted by atomic mass is 10.6. The Balaban J connectivity index is 3.32. The Hall–Kier alpha value is -0.790. The summed E-state index contributed by atoms with van der Waals surface area (Å²) >= 11 is 0. The molecule has 1 aromatic rings. The van der Waals surface area contributed by atoms with Gasteiger partial charge in [-0.1, -0.05) is 0 Å². The number of nitrogens with zero attached hydrogens (tertiary/aromatic N) is 1. The average Bonchev–Trinajstić information content (AvgIpc) is 2.05. The number of nitrogens with one attached hydrogen (secondary N) is 1. The second-order valence-electron chi connectivity index (χ2n) is 0.784. The maximum atomic E-state index is 7.06. The molecule has 0 aliphatic heterocycles. The largest absolute Gasteiger partial charge is 0.349 e. The minimum atomic E-state index is -2.55. The molecule has 1 aromatic heterocycles. The van der Waals surface area contributed by atoms with Crippen molar-refractivity contribution >= 4 is 0 Å². The minimum Gasteiger partial charge on any atom is -0.349 e. The first-order chi connectivity index (χ1) is 5.34. The van der Waals surface area contributed by atoms with Gasteiger partial charge in [-0.25, -0.2) is 4.98 Å². The third-order valence-corrected chi connectivity index (χ3v) is 0.374. The number of hydrogen-bond acceptors (Lipinski definition) is 1. The van der Waals surface area contributed by atoms with Gasteiger partial charge in [-0.2, -0.15) is 0 Å². The van der Waals surface area contributed by atoms with E-state index in [9.17, 15) is 0 Å². The second kappa shape index (κ2) is 1.12. The van der Waals surface area contributed by atoms with Crippen LogP contribution in [0.1, 0.15) is 12.5 Å². The van der Waals surface area contributed by atoms with Gasteiger partial charge in [0.25, 0.3) is 0 Å². The Morgan fingerprint density at radius 2 is 3.50 bits per heavy atom. The predicted octanol–water partition coefficient (Wildman–Crippen LogP) is 0.718. The van der Waals surface area contributed by atoms with Crippen molar-refractivity contribution in [3.63, 3.8) is 0 Å². The molecule has 0 aromatic carbocycles. The van der Waals surface area contributed by atoms with Gasteiger partial charge >= 0.3 is 0 Å². The van der Waals surface area contributed by atoms with E-state index in [0.29, 0.717) is 4.98 Å². The van der Waals surface area contributed by atoms with Crippen molar-refractivity contribution in [3.8, 4) is 0 Å². The van der Waals surface area contributed by atoms with E-state index in [2.05, 4.69) is 4.98 Å². The summed E-state index contributed by atoms with van der Waals surface area (Å²) in [5.41, 5.74) is -0.521. The molecule has 0 fully saturated rings. The standard InChI is InChI=1S/C4H6N2/c1-4-2-5-3-6-4/h2-3H,1H3,(H,5,6)/i1D3,2D,3D/hD. The van der Waals surface area contributed by atoms with E-state index in [1.54, 1.807) is 0 Å². The monoisotopic (exact) mass is 88.1 g/mol. The third-order valence-electron chi connectivity index (χ3n) is 0.374. The van der Waals surface area contributed by atoms with Crippen molar-refractivity contribution in [3.05, 3.63) is 18.2 Å². The van der Waals surface area contributed by atoms with Crippen LogP contribution in [0.4, 0.5) is 0 Å². The first-order valence-electron chi connectivity index (χ1n) is 4.34. The van der Waals surface area contributed by atoms with Gasteiger partial charge in [-0.3, -0.25) is 0 Å². The highest BCUT2D eigenvalue weighted by Crippen LogP contribution is 1.81. The van der Waals surface area contributed by atoms with E-state index in [4.69, 9.17) is 8.27 Å². The van der Waals surface area contributed by atoms with Gasteiger partial charge in [0, 0.05) is 16.0 Å². The van der Waals surface area contributed by atoms with Gasteiger partial charge in [0.15, 0.2) is 1.41 Å². The highest BCUT2D eigenvalue weighted by molar-refractivity contribution is 4.87. The van der Waals surface area contributed by atoms with Crippen molar-refractivity contribution in [2.75, 3.05) is 0 Å². The van der Waals surface area contributed by atoms with Gasteiger partial charge in [-0.05, 0) is 6.85 Å². The number of aromatic amines is 1. The second-order valence-corrected chi connectivity index (χ2v) is 0.784. The molecule has 0 atom stereocenters. The van der Waals surface area contributed by atoms with E-state index in [0.717, 1.165) is 0 Å². The fourth-order valence-corrected chi connectivity index (χ4v) is 0.178. The highest BCUT2D eigenvalue weighted by Gasteiger charge is 1.73. The Labute approximate surface area is 44.7 Å². The van der Waals surface area contributed by atoms with Gasteiger partial charge in [0.05, 0.1) is 7.67 Å². The highest BCUT2D eigenvalue weighted by atomic mass is 14.8. The number of H-pyrrole nitrogens is 1. The van der Waals surface area contributed by atoms with Gasteiger partial charge < -0.3 is 4.98 Å². The lowest BCUT2D eigenvalue weighted by Gasteiger charge is -1.67. The molecule has 0 unspecified atom stereocenters. The van der Waals surface area contributed by atoms with Crippen LogP contribution in [0.15, 0.2) is 12.5 Å². The number of imidazole rings is 1. The van der Waals surface area contributed by atoms with Crippen LogP contribution in [0.3, 0.4) is 0 Å². The molecular formula is C4H6N2. The lowest BCUT2D eigenvalue weighted by molar-refractivity contribution is 1.25. The normalized spacial score (nSPS) is 25.3. The predicted molar refractivity (Wildman–Crippen MR) is 23.3 cm³/mol. The zero-order valence-corrected chi connectivity index (χ0v) is 2.89. The fraction of sp³-hybridized carbons (Fsp3) is 0.250. The molecule has 1 N–H and O–H groups in total. The molecule has 0 radical (unpaired) electrons. The Kier molecular flexibility index (Phi) is 0.138. The Bertz CT molecular complexity index is 299. The van der Waals surface area contributed by atoms with Crippen LogP contribution in [0.25, 0.3) is 0 Å². The van der Waals surface area contributed by atoms with E-state index in [1.807, 2.05) is 0 Å². The minimum absolute atomic E-state index is 0.343. The van der Waals surface area contributed by atoms with E-state index in [-0.39, 0.29) is 0 Å². The van der Waals surface area contributed by atoms with E-state index >= 15 is 0 Å². The molecule has 1 rings (SSSR count). The van der Waals surface area contributed by atoms with Crippen molar-refractivity contribution in [1.29, 1.82) is 0 Å². The quantitative estimate of drug-likeness (QED) is 0.497. The fourth-order valence-electron chi connectivity index (χ4n) is 0.178. The summed E-state index contributed by atoms with van der Waals surface area (Å²) in [5, 5.41) is 0. The first kappa shape index (κ1) is 0.735. The van der Waals surface area contributed by atoms with Gasteiger partial charge in [0.1, 0.15) is 1.37 Å². The molecule has 32 valence electrons. The van der Waals surface area contributed by atoms with Crippen molar-refractivity contribution in [2.45, 2.75) is 6.85 Å². The van der Waals surface area contributed by atoms with Crippen molar-refractivity contribution in [1.82, 2.24) is 9.96 Å². The van der Waals surface area contributed by atoms with Crippen LogP contribution in [0, 0.1) is 6.85 Å². The van der Waals surface area contributed by atoms with Crippen LogP contribution < -0.4 is 0 Å². The summed E-state index contributed by atoms with van der Waals surface area (Å²) in [7, 11) is 0. The molecule has 6 heavy (non-hydrogen) atoms. The van der Waals surface area contributed by atoms with Crippen LogP contribution in [0.2, 0.25) is 1.41 Å². The van der Waals surface area contributed by atoms with Gasteiger partial charge in [-0.15, -0.1) is 0 Å². The van der Waals surface area contributed by atoms with Gasteiger partial charge in [0.2, 0.25) is 0 Å². The SMILES string of the molecule is [2H]c1nc([2H])n([2H])c1C([2H])([2H])[2H]. The zero-order valence-electron chi connectivity index (χ0n) is 8.89. The van der Waals surface area contributed by atoms with E-state index < -0.39 is 25.0 Å². The molecule has 0 saturated heterocycles. The molecule has 0 saturated carbocycles. The number of hydrogen-bond donors (Lipinski definition) is 1. The summed E-state index contributed by atoms with van der Waals surface area (Å²) in [6, 6.07) is 0. The molecule has 2 heteroatoms. The molecule has 0 aliphatic rings. The van der Waals surface area contributed by atoms with Crippen molar-refractivity contribution in [2.24, 2.45) is 0 Å². The number of rotatable bonds is 0. The third kappa shape index (κ3) is 0.407. The summed E-state index contributed by atoms with van der Waals surface area (Å²) < 4.78 is 41.8. The molecule has 1 heterocycles. The van der Waals surface area contributed by atoms with Crippen LogP contribution in [-0.4, -0.2) is 9.96 Å².